The van der Waals surface area contributed by atoms with Gasteiger partial charge >= 0.3 is 18.3 Å². The smallest absolute Gasteiger partial charge is 0.416 e. The summed E-state index contributed by atoms with van der Waals surface area (Å²) in [4.78, 5) is 22.5. The van der Waals surface area contributed by atoms with Crippen molar-refractivity contribution in [3.05, 3.63) is 108 Å². The minimum Gasteiger partial charge on any atom is -0.491 e. The summed E-state index contributed by atoms with van der Waals surface area (Å²) in [5.41, 5.74) is -1.67. The zero-order valence-electron chi connectivity index (χ0n) is 38.1. The van der Waals surface area contributed by atoms with Gasteiger partial charge in [-0.2, -0.15) is 26.3 Å². The molecular weight excluding hydrogens is 891 g/mol. The van der Waals surface area contributed by atoms with Gasteiger partial charge in [-0.15, -0.1) is 0 Å². The van der Waals surface area contributed by atoms with E-state index >= 15 is 0 Å². The highest BCUT2D eigenvalue weighted by atomic mass is 19.4. The van der Waals surface area contributed by atoms with Crippen LogP contribution in [0, 0.1) is 23.7 Å². The second kappa shape index (κ2) is 28.1. The van der Waals surface area contributed by atoms with Crippen molar-refractivity contribution >= 4 is 11.8 Å². The molecule has 11 nitrogen and oxygen atoms in total. The van der Waals surface area contributed by atoms with Crippen molar-refractivity contribution in [1.82, 2.24) is 0 Å². The van der Waals surface area contributed by atoms with Gasteiger partial charge in [0.15, 0.2) is 0 Å². The highest BCUT2D eigenvalue weighted by Crippen LogP contribution is 2.38. The number of Topliss-reactive ketones (excluding diaryl/α,β-unsaturated/α-hetero) is 1. The second-order valence-corrected chi connectivity index (χ2v) is 17.2. The van der Waals surface area contributed by atoms with E-state index in [4.69, 9.17) is 14.2 Å². The van der Waals surface area contributed by atoms with Crippen LogP contribution in [0.1, 0.15) is 96.1 Å². The minimum absolute atomic E-state index is 0.00335. The molecule has 0 spiro atoms. The standard InChI is InChI=1S/C26H35F3O6.C24H31F3O5/c1-17(2)35-25(33)11-6-4-3-5-10-21-22(24(32)15-23(21)31)13-12-19(30)16-34-20-9-7-8-18(14-20)26(27,28)29;1-16(28)7-4-2-3-5-10-20-21(23(31)14-22(20)30)12-11-18(29)15-32-19-9-6-8-17(13-19)24(25,26)27/h3,5,7-9,12-14,17,19,21-24,30-32H,4,6,10-11,15-16H2,1-2H3;3,5-6,8-9,11-13,18,20-23,29-31H,2,4,7,10,14-15H2,1H3/b5-3-,13-12+;5-3-,12-11+/t19-,21-,22-,23+,24-;18-,20-,21-,22+,23-/m11/s1. The zero-order chi connectivity index (χ0) is 49.7. The van der Waals surface area contributed by atoms with E-state index in [-0.39, 0.29) is 79.1 Å². The molecule has 2 saturated carbocycles. The van der Waals surface area contributed by atoms with E-state index in [2.05, 4.69) is 0 Å². The Morgan fingerprint density at radius 3 is 1.46 bits per heavy atom. The number of hydrogen-bond donors (Lipinski definition) is 6. The van der Waals surface area contributed by atoms with Crippen LogP contribution in [-0.2, 0) is 26.7 Å². The van der Waals surface area contributed by atoms with E-state index in [0.717, 1.165) is 37.1 Å². The summed E-state index contributed by atoms with van der Waals surface area (Å²) in [5, 5.41) is 61.5. The van der Waals surface area contributed by atoms with Crippen LogP contribution < -0.4 is 9.47 Å². The summed E-state index contributed by atoms with van der Waals surface area (Å²) in [5.74, 6) is -1.33. The predicted molar refractivity (Wildman–Crippen MR) is 239 cm³/mol. The number of alkyl halides is 6. The topological polar surface area (TPSA) is 183 Å². The number of benzene rings is 2. The van der Waals surface area contributed by atoms with Crippen molar-refractivity contribution in [3.8, 4) is 11.5 Å². The molecule has 17 heteroatoms. The average Bonchev–Trinajstić information content (AvgIpc) is 3.68. The molecule has 10 atom stereocenters. The van der Waals surface area contributed by atoms with Crippen molar-refractivity contribution in [2.24, 2.45) is 23.7 Å². The number of carbonyl (C=O) groups excluding carboxylic acids is 2. The van der Waals surface area contributed by atoms with Gasteiger partial charge in [0, 0.05) is 37.5 Å². The largest absolute Gasteiger partial charge is 0.491 e. The number of aliphatic hydroxyl groups is 6. The second-order valence-electron chi connectivity index (χ2n) is 17.2. The van der Waals surface area contributed by atoms with Crippen molar-refractivity contribution in [2.75, 3.05) is 13.2 Å². The first-order valence-corrected chi connectivity index (χ1v) is 22.6. The third-order valence-electron chi connectivity index (χ3n) is 11.3. The van der Waals surface area contributed by atoms with Gasteiger partial charge in [0.05, 0.1) is 41.6 Å². The summed E-state index contributed by atoms with van der Waals surface area (Å²) in [7, 11) is 0. The molecule has 2 fully saturated rings. The Hall–Kier alpha value is -4.52. The van der Waals surface area contributed by atoms with Gasteiger partial charge in [-0.3, -0.25) is 4.79 Å². The van der Waals surface area contributed by atoms with Crippen molar-refractivity contribution < 1.29 is 80.8 Å². The maximum Gasteiger partial charge on any atom is 0.416 e. The van der Waals surface area contributed by atoms with E-state index in [1.807, 2.05) is 24.3 Å². The van der Waals surface area contributed by atoms with Crippen molar-refractivity contribution in [3.63, 3.8) is 0 Å². The summed E-state index contributed by atoms with van der Waals surface area (Å²) in [6, 6.07) is 8.82. The Morgan fingerprint density at radius 1 is 0.657 bits per heavy atom. The van der Waals surface area contributed by atoms with Gasteiger partial charge in [-0.05, 0) is 108 Å². The molecule has 2 aromatic carbocycles. The molecule has 2 aromatic rings. The summed E-state index contributed by atoms with van der Waals surface area (Å²) in [6.07, 6.45) is 4.88. The number of ketones is 1. The van der Waals surface area contributed by atoms with Gasteiger partial charge < -0.3 is 49.6 Å². The fraction of sp³-hybridized carbons (Fsp3) is 0.560. The van der Waals surface area contributed by atoms with Crippen LogP contribution in [0.25, 0.3) is 0 Å². The third kappa shape index (κ3) is 21.1. The Morgan fingerprint density at radius 2 is 1.07 bits per heavy atom. The van der Waals surface area contributed by atoms with E-state index in [1.54, 1.807) is 32.9 Å². The van der Waals surface area contributed by atoms with Crippen LogP contribution in [0.4, 0.5) is 26.3 Å². The third-order valence-corrected chi connectivity index (χ3v) is 11.3. The fourth-order valence-electron chi connectivity index (χ4n) is 7.82. The van der Waals surface area contributed by atoms with Crippen LogP contribution in [0.3, 0.4) is 0 Å². The number of ether oxygens (including phenoxy) is 3. The fourth-order valence-corrected chi connectivity index (χ4v) is 7.82. The van der Waals surface area contributed by atoms with E-state index in [0.29, 0.717) is 38.5 Å². The molecule has 4 rings (SSSR count). The number of rotatable bonds is 23. The number of halogens is 6. The molecule has 0 amide bonds. The van der Waals surface area contributed by atoms with E-state index in [1.165, 1.54) is 36.4 Å². The quantitative estimate of drug-likeness (QED) is 0.0272. The lowest BCUT2D eigenvalue weighted by atomic mass is 9.89. The summed E-state index contributed by atoms with van der Waals surface area (Å²) in [6.45, 7) is 4.64. The van der Waals surface area contributed by atoms with Gasteiger partial charge in [-0.25, -0.2) is 0 Å². The van der Waals surface area contributed by atoms with Crippen LogP contribution in [0.15, 0.2) is 97.1 Å². The van der Waals surface area contributed by atoms with Crippen LogP contribution in [-0.4, -0.2) is 98.3 Å². The first kappa shape index (κ1) is 56.8. The number of carbonyl (C=O) groups is 2. The molecule has 0 bridgehead atoms. The lowest BCUT2D eigenvalue weighted by Gasteiger charge is -2.19. The molecule has 0 radical (unpaired) electrons. The number of aliphatic hydroxyl groups excluding tert-OH is 6. The first-order chi connectivity index (χ1) is 31.5. The molecule has 0 aromatic heterocycles. The average molecular weight is 957 g/mol. The predicted octanol–water partition coefficient (Wildman–Crippen LogP) is 8.49. The number of allylic oxidation sites excluding steroid dienone is 4. The zero-order valence-corrected chi connectivity index (χ0v) is 38.1. The number of hydrogen-bond acceptors (Lipinski definition) is 11. The normalized spacial score (nSPS) is 24.4. The van der Waals surface area contributed by atoms with Gasteiger partial charge in [-0.1, -0.05) is 60.7 Å². The Balaban J connectivity index is 0.000000357. The van der Waals surface area contributed by atoms with Gasteiger partial charge in [0.1, 0.15) is 42.7 Å². The summed E-state index contributed by atoms with van der Waals surface area (Å²) < 4.78 is 92.3. The van der Waals surface area contributed by atoms with Gasteiger partial charge in [0.2, 0.25) is 0 Å². The Kier molecular flexibility index (Phi) is 23.8. The maximum absolute atomic E-state index is 12.8. The molecule has 0 unspecified atom stereocenters. The Labute approximate surface area is 388 Å². The van der Waals surface area contributed by atoms with Crippen LogP contribution in [0.2, 0.25) is 0 Å². The van der Waals surface area contributed by atoms with Crippen molar-refractivity contribution in [1.29, 1.82) is 0 Å². The molecule has 67 heavy (non-hydrogen) atoms. The molecule has 0 heterocycles. The molecule has 2 aliphatic rings. The number of esters is 1. The molecule has 6 N–H and O–H groups in total. The number of unbranched alkanes of at least 4 members (excludes halogenated alkanes) is 2. The SMILES string of the molecule is CC(=O)CCC/C=C\C[C@@H]1[C@@H](/C=C/[C@@H](O)COc2cccc(C(F)(F)F)c2)[C@H](O)C[C@@H]1O.CC(C)OC(=O)CCC/C=C\C[C@@H]1[C@@H](/C=C/[C@@H](O)COc2cccc(C(F)(F)F)c2)[C@H](O)C[C@@H]1O. The molecular formula is C50H66F6O11. The highest BCUT2D eigenvalue weighted by Gasteiger charge is 2.40. The maximum atomic E-state index is 12.8. The van der Waals surface area contributed by atoms with Crippen molar-refractivity contribution in [2.45, 2.75) is 140 Å². The lowest BCUT2D eigenvalue weighted by molar-refractivity contribution is -0.147. The molecule has 0 saturated heterocycles. The highest BCUT2D eigenvalue weighted by molar-refractivity contribution is 5.75. The monoisotopic (exact) mass is 956 g/mol. The minimum atomic E-state index is -4.49. The molecule has 0 aliphatic heterocycles. The molecule has 2 aliphatic carbocycles. The summed E-state index contributed by atoms with van der Waals surface area (Å²) >= 11 is 0. The van der Waals surface area contributed by atoms with E-state index in [9.17, 15) is 66.6 Å². The van der Waals surface area contributed by atoms with Gasteiger partial charge in [0.25, 0.3) is 0 Å². The first-order valence-electron chi connectivity index (χ1n) is 22.6. The van der Waals surface area contributed by atoms with Crippen LogP contribution in [0.5, 0.6) is 11.5 Å². The lowest BCUT2D eigenvalue weighted by Crippen LogP contribution is -2.21. The Bertz CT molecular complexity index is 1910. The van der Waals surface area contributed by atoms with E-state index < -0.39 is 60.1 Å². The van der Waals surface area contributed by atoms with Crippen LogP contribution >= 0.6 is 0 Å². The molecule has 374 valence electrons.